The molecule has 0 unspecified atom stereocenters. The fourth-order valence-corrected chi connectivity index (χ4v) is 3.74. The smallest absolute Gasteiger partial charge is 0.340 e. The number of hydrogen-bond donors (Lipinski definition) is 0. The third-order valence-corrected chi connectivity index (χ3v) is 5.62. The minimum absolute atomic E-state index is 0.160. The summed E-state index contributed by atoms with van der Waals surface area (Å²) in [6.45, 7) is 7.42. The molecule has 3 aromatic rings. The molecule has 0 atom stereocenters. The molecule has 2 aromatic carbocycles. The van der Waals surface area contributed by atoms with Gasteiger partial charge in [-0.3, -0.25) is 14.6 Å². The summed E-state index contributed by atoms with van der Waals surface area (Å²) in [4.78, 5) is 42.4. The first-order chi connectivity index (χ1) is 19.4. The first-order valence-corrected chi connectivity index (χ1v) is 12.4. The molecule has 9 heteroatoms. The summed E-state index contributed by atoms with van der Waals surface area (Å²) >= 11 is 0. The zero-order chi connectivity index (χ0) is 28.9. The molecule has 9 nitrogen and oxygen atoms in total. The zero-order valence-corrected chi connectivity index (χ0v) is 22.5. The minimum atomic E-state index is -1.19. The van der Waals surface area contributed by atoms with Crippen molar-refractivity contribution in [1.82, 2.24) is 4.98 Å². The third kappa shape index (κ3) is 8.56. The van der Waals surface area contributed by atoms with E-state index in [1.807, 2.05) is 0 Å². The van der Waals surface area contributed by atoms with Crippen molar-refractivity contribution in [2.75, 3.05) is 14.2 Å². The summed E-state index contributed by atoms with van der Waals surface area (Å²) in [5.41, 5.74) is 2.00. The average Bonchev–Trinajstić information content (AvgIpc) is 2.95. The Hall–Kier alpha value is -4.92. The Morgan fingerprint density at radius 1 is 0.800 bits per heavy atom. The van der Waals surface area contributed by atoms with Gasteiger partial charge in [0.15, 0.2) is 23.0 Å². The van der Waals surface area contributed by atoms with Gasteiger partial charge in [0.1, 0.15) is 6.10 Å². The molecule has 0 aliphatic carbocycles. The summed E-state index contributed by atoms with van der Waals surface area (Å²) in [5.74, 6) is -1.16. The second-order valence-corrected chi connectivity index (χ2v) is 8.58. The molecule has 40 heavy (non-hydrogen) atoms. The second kappa shape index (κ2) is 14.9. The van der Waals surface area contributed by atoms with Gasteiger partial charge in [-0.1, -0.05) is 24.3 Å². The Labute approximate surface area is 233 Å². The molecule has 1 heterocycles. The number of pyridine rings is 1. The largest absolute Gasteiger partial charge is 0.493 e. The highest BCUT2D eigenvalue weighted by Gasteiger charge is 2.26. The van der Waals surface area contributed by atoms with Gasteiger partial charge in [-0.25, -0.2) is 4.79 Å². The van der Waals surface area contributed by atoms with Crippen molar-refractivity contribution in [3.8, 4) is 23.0 Å². The number of hydrogen-bond acceptors (Lipinski definition) is 9. The SMILES string of the molecule is C=CCc1ccc(OC(=O)CC(CC(=O)Oc2ccc(CC=C)cc2OC)OC(=O)c2cccnc2)c(OC)c1. The maximum Gasteiger partial charge on any atom is 0.340 e. The Morgan fingerprint density at radius 2 is 1.32 bits per heavy atom. The highest BCUT2D eigenvalue weighted by molar-refractivity contribution is 5.89. The van der Waals surface area contributed by atoms with Gasteiger partial charge in [-0.05, 0) is 60.4 Å². The molecule has 0 N–H and O–H groups in total. The van der Waals surface area contributed by atoms with Crippen molar-refractivity contribution < 1.29 is 38.1 Å². The fourth-order valence-electron chi connectivity index (χ4n) is 3.74. The van der Waals surface area contributed by atoms with Crippen LogP contribution in [0.5, 0.6) is 23.0 Å². The molecule has 0 bridgehead atoms. The molecule has 0 saturated heterocycles. The van der Waals surface area contributed by atoms with Crippen molar-refractivity contribution in [1.29, 1.82) is 0 Å². The van der Waals surface area contributed by atoms with E-state index < -0.39 is 36.9 Å². The van der Waals surface area contributed by atoms with E-state index in [1.54, 1.807) is 54.6 Å². The van der Waals surface area contributed by atoms with E-state index in [1.165, 1.54) is 32.7 Å². The van der Waals surface area contributed by atoms with Crippen molar-refractivity contribution in [3.05, 3.63) is 103 Å². The minimum Gasteiger partial charge on any atom is -0.493 e. The standard InChI is InChI=1S/C31H31NO8/c1-5-8-21-11-13-25(27(16-21)36-3)39-29(33)18-24(38-31(35)23-10-7-15-32-20-23)19-30(34)40-26-14-12-22(9-6-2)17-28(26)37-4/h5-7,10-17,20,24H,1-2,8-9,18-19H2,3-4H3. The van der Waals surface area contributed by atoms with E-state index in [2.05, 4.69) is 18.1 Å². The average molecular weight is 546 g/mol. The second-order valence-electron chi connectivity index (χ2n) is 8.58. The summed E-state index contributed by atoms with van der Waals surface area (Å²) in [6, 6.07) is 13.3. The predicted octanol–water partition coefficient (Wildman–Crippen LogP) is 5.07. The van der Waals surface area contributed by atoms with Gasteiger partial charge in [0, 0.05) is 12.4 Å². The quantitative estimate of drug-likeness (QED) is 0.156. The van der Waals surface area contributed by atoms with E-state index in [9.17, 15) is 14.4 Å². The Balaban J connectivity index is 1.75. The Bertz CT molecular complexity index is 1280. The molecule has 0 amide bonds. The summed E-state index contributed by atoms with van der Waals surface area (Å²) in [5, 5.41) is 0. The van der Waals surface area contributed by atoms with Gasteiger partial charge in [-0.15, -0.1) is 13.2 Å². The molecule has 208 valence electrons. The highest BCUT2D eigenvalue weighted by atomic mass is 16.6. The number of aromatic nitrogens is 1. The Kier molecular flexibility index (Phi) is 11.0. The molecular weight excluding hydrogens is 514 g/mol. The number of benzene rings is 2. The van der Waals surface area contributed by atoms with Gasteiger partial charge in [-0.2, -0.15) is 0 Å². The lowest BCUT2D eigenvalue weighted by atomic mass is 10.1. The maximum atomic E-state index is 12.9. The predicted molar refractivity (Wildman–Crippen MR) is 148 cm³/mol. The highest BCUT2D eigenvalue weighted by Crippen LogP contribution is 2.30. The van der Waals surface area contributed by atoms with Gasteiger partial charge < -0.3 is 23.7 Å². The van der Waals surface area contributed by atoms with Crippen LogP contribution in [0.4, 0.5) is 0 Å². The summed E-state index contributed by atoms with van der Waals surface area (Å²) in [7, 11) is 2.91. The van der Waals surface area contributed by atoms with E-state index >= 15 is 0 Å². The molecule has 1 aromatic heterocycles. The van der Waals surface area contributed by atoms with Crippen LogP contribution in [0.3, 0.4) is 0 Å². The van der Waals surface area contributed by atoms with Gasteiger partial charge >= 0.3 is 17.9 Å². The van der Waals surface area contributed by atoms with E-state index in [0.717, 1.165) is 11.1 Å². The number of allylic oxidation sites excluding steroid dienone is 2. The van der Waals surface area contributed by atoms with Crippen LogP contribution in [0, 0.1) is 0 Å². The molecular formula is C31H31NO8. The number of methoxy groups -OCH3 is 2. The lowest BCUT2D eigenvalue weighted by molar-refractivity contribution is -0.140. The van der Waals surface area contributed by atoms with Gasteiger partial charge in [0.25, 0.3) is 0 Å². The number of carbonyl (C=O) groups excluding carboxylic acids is 3. The molecule has 0 aliphatic heterocycles. The summed E-state index contributed by atoms with van der Waals surface area (Å²) < 4.78 is 27.2. The molecule has 0 aliphatic rings. The van der Waals surface area contributed by atoms with Crippen molar-refractivity contribution in [2.24, 2.45) is 0 Å². The van der Waals surface area contributed by atoms with Crippen LogP contribution in [0.15, 0.2) is 86.2 Å². The van der Waals surface area contributed by atoms with E-state index in [4.69, 9.17) is 23.7 Å². The first kappa shape index (κ1) is 29.6. The van der Waals surface area contributed by atoms with Gasteiger partial charge in [0.05, 0.1) is 32.6 Å². The fraction of sp³-hybridized carbons (Fsp3) is 0.226. The molecule has 0 saturated carbocycles. The lowest BCUT2D eigenvalue weighted by Crippen LogP contribution is -2.28. The summed E-state index contributed by atoms with van der Waals surface area (Å²) in [6.07, 6.45) is 5.50. The molecule has 0 radical (unpaired) electrons. The third-order valence-electron chi connectivity index (χ3n) is 5.62. The van der Waals surface area contributed by atoms with Crippen LogP contribution < -0.4 is 18.9 Å². The number of esters is 3. The van der Waals surface area contributed by atoms with Crippen LogP contribution in [-0.2, 0) is 27.2 Å². The number of ether oxygens (including phenoxy) is 5. The monoisotopic (exact) mass is 545 g/mol. The molecule has 3 rings (SSSR count). The van der Waals surface area contributed by atoms with Crippen LogP contribution in [-0.4, -0.2) is 43.2 Å². The van der Waals surface area contributed by atoms with Crippen LogP contribution in [0.2, 0.25) is 0 Å². The number of rotatable bonds is 14. The molecule has 0 fully saturated rings. The van der Waals surface area contributed by atoms with Crippen molar-refractivity contribution in [2.45, 2.75) is 31.8 Å². The molecule has 0 spiro atoms. The number of nitrogens with zero attached hydrogens (tertiary/aromatic N) is 1. The maximum absolute atomic E-state index is 12.9. The van der Waals surface area contributed by atoms with E-state index in [-0.39, 0.29) is 17.1 Å². The first-order valence-electron chi connectivity index (χ1n) is 12.4. The Morgan fingerprint density at radius 3 is 1.75 bits per heavy atom. The van der Waals surface area contributed by atoms with Crippen LogP contribution >= 0.6 is 0 Å². The normalized spacial score (nSPS) is 10.4. The van der Waals surface area contributed by atoms with Crippen LogP contribution in [0.1, 0.15) is 34.3 Å². The lowest BCUT2D eigenvalue weighted by Gasteiger charge is -2.18. The van der Waals surface area contributed by atoms with Crippen LogP contribution in [0.25, 0.3) is 0 Å². The number of carbonyl (C=O) groups is 3. The zero-order valence-electron chi connectivity index (χ0n) is 22.5. The van der Waals surface area contributed by atoms with Crippen molar-refractivity contribution in [3.63, 3.8) is 0 Å². The van der Waals surface area contributed by atoms with Gasteiger partial charge in [0.2, 0.25) is 0 Å². The topological polar surface area (TPSA) is 110 Å². The van der Waals surface area contributed by atoms with E-state index in [0.29, 0.717) is 24.3 Å². The van der Waals surface area contributed by atoms with Crippen molar-refractivity contribution >= 4 is 17.9 Å².